The van der Waals surface area contributed by atoms with Crippen molar-refractivity contribution in [3.8, 4) is 0 Å². The maximum absolute atomic E-state index is 11.5. The van der Waals surface area contributed by atoms with Crippen LogP contribution in [0.5, 0.6) is 0 Å². The van der Waals surface area contributed by atoms with Crippen LogP contribution in [0, 0.1) is 13.8 Å². The summed E-state index contributed by atoms with van der Waals surface area (Å²) < 4.78 is 4.68. The van der Waals surface area contributed by atoms with E-state index in [1.807, 2.05) is 0 Å². The second-order valence-corrected chi connectivity index (χ2v) is 8.30. The maximum atomic E-state index is 11.5. The normalized spacial score (nSPS) is 18.6. The number of aliphatic hydroxyl groups is 1. The van der Waals surface area contributed by atoms with Crippen molar-refractivity contribution < 1.29 is 14.6 Å². The topological polar surface area (TPSA) is 46.5 Å². The molecule has 134 valence electrons. The first kappa shape index (κ1) is 19.0. The van der Waals surface area contributed by atoms with Crippen molar-refractivity contribution in [3.05, 3.63) is 33.9 Å². The molecule has 1 atom stereocenters. The average Bonchev–Trinajstić information content (AvgIpc) is 2.49. The van der Waals surface area contributed by atoms with Gasteiger partial charge >= 0.3 is 5.97 Å². The third-order valence-corrected chi connectivity index (χ3v) is 5.78. The minimum absolute atomic E-state index is 0.0396. The molecule has 3 nitrogen and oxygen atoms in total. The van der Waals surface area contributed by atoms with Crippen LogP contribution in [-0.4, -0.2) is 23.8 Å². The highest BCUT2D eigenvalue weighted by Crippen LogP contribution is 2.40. The van der Waals surface area contributed by atoms with Crippen molar-refractivity contribution in [2.24, 2.45) is 0 Å². The number of aryl methyl sites for hydroxylation is 1. The van der Waals surface area contributed by atoms with Gasteiger partial charge in [0.2, 0.25) is 0 Å². The molecule has 0 aromatic heterocycles. The molecular weight excluding hydrogens is 300 g/mol. The molecule has 1 aromatic rings. The number of carbonyl (C=O) groups excluding carboxylic acids is 1. The van der Waals surface area contributed by atoms with Crippen molar-refractivity contribution in [2.75, 3.05) is 7.11 Å². The van der Waals surface area contributed by atoms with Crippen molar-refractivity contribution in [2.45, 2.75) is 84.2 Å². The molecular formula is C21H32O3. The van der Waals surface area contributed by atoms with Crippen LogP contribution < -0.4 is 0 Å². The SMILES string of the molecule is COC(=O)C[C@@](C)(O)CCc1cc2c(c(C)c1C)CCCC2(C)C. The molecule has 0 spiro atoms. The van der Waals surface area contributed by atoms with E-state index in [0.29, 0.717) is 6.42 Å². The number of hydrogen-bond acceptors (Lipinski definition) is 3. The number of esters is 1. The third-order valence-electron chi connectivity index (χ3n) is 5.78. The van der Waals surface area contributed by atoms with Gasteiger partial charge in [-0.25, -0.2) is 0 Å². The summed E-state index contributed by atoms with van der Waals surface area (Å²) in [4.78, 5) is 11.5. The van der Waals surface area contributed by atoms with E-state index in [-0.39, 0.29) is 17.8 Å². The fraction of sp³-hybridized carbons (Fsp3) is 0.667. The number of ether oxygens (including phenoxy) is 1. The molecule has 1 aliphatic carbocycles. The fourth-order valence-electron chi connectivity index (χ4n) is 3.94. The predicted octanol–water partition coefficient (Wildman–Crippen LogP) is 4.16. The highest BCUT2D eigenvalue weighted by Gasteiger charge is 2.30. The average molecular weight is 332 g/mol. The molecule has 0 heterocycles. The quantitative estimate of drug-likeness (QED) is 0.823. The Balaban J connectivity index is 2.26. The monoisotopic (exact) mass is 332 g/mol. The lowest BCUT2D eigenvalue weighted by molar-refractivity contribution is -0.145. The van der Waals surface area contributed by atoms with Gasteiger partial charge < -0.3 is 9.84 Å². The Morgan fingerprint density at radius 3 is 2.62 bits per heavy atom. The zero-order valence-corrected chi connectivity index (χ0v) is 16.1. The minimum atomic E-state index is -1.03. The molecule has 0 saturated carbocycles. The van der Waals surface area contributed by atoms with Gasteiger partial charge in [-0.1, -0.05) is 19.9 Å². The maximum Gasteiger partial charge on any atom is 0.308 e. The zero-order chi connectivity index (χ0) is 18.1. The lowest BCUT2D eigenvalue weighted by Gasteiger charge is -2.35. The van der Waals surface area contributed by atoms with Crippen LogP contribution in [0.15, 0.2) is 6.07 Å². The standard InChI is InChI=1S/C21H32O3/c1-14-15(2)17-8-7-10-20(3,4)18(17)12-16(14)9-11-21(5,23)13-19(22)24-6/h12,23H,7-11,13H2,1-6H3/t21-/m0/s1. The zero-order valence-electron chi connectivity index (χ0n) is 16.1. The summed E-state index contributed by atoms with van der Waals surface area (Å²) in [6.07, 6.45) is 5.03. The fourth-order valence-corrected chi connectivity index (χ4v) is 3.94. The van der Waals surface area contributed by atoms with E-state index in [9.17, 15) is 9.90 Å². The number of fused-ring (bicyclic) bond motifs is 1. The van der Waals surface area contributed by atoms with Crippen molar-refractivity contribution >= 4 is 5.97 Å². The first-order valence-corrected chi connectivity index (χ1v) is 8.99. The molecule has 24 heavy (non-hydrogen) atoms. The Bertz CT molecular complexity index is 626. The summed E-state index contributed by atoms with van der Waals surface area (Å²) in [5.41, 5.74) is 6.22. The van der Waals surface area contributed by atoms with Gasteiger partial charge in [-0.2, -0.15) is 0 Å². The van der Waals surface area contributed by atoms with Crippen molar-refractivity contribution in [1.29, 1.82) is 0 Å². The molecule has 0 fully saturated rings. The Labute approximate surface area is 146 Å². The van der Waals surface area contributed by atoms with Crippen molar-refractivity contribution in [1.82, 2.24) is 0 Å². The summed E-state index contributed by atoms with van der Waals surface area (Å²) in [5, 5.41) is 10.5. The van der Waals surface area contributed by atoms with Gasteiger partial charge in [-0.3, -0.25) is 4.79 Å². The third kappa shape index (κ3) is 4.00. The van der Waals surface area contributed by atoms with Gasteiger partial charge in [0.1, 0.15) is 0 Å². The van der Waals surface area contributed by atoms with Gasteiger partial charge in [0.15, 0.2) is 0 Å². The van der Waals surface area contributed by atoms with Crippen LogP contribution in [0.1, 0.15) is 74.3 Å². The number of hydrogen-bond donors (Lipinski definition) is 1. The van der Waals surface area contributed by atoms with Crippen LogP contribution in [0.25, 0.3) is 0 Å². The molecule has 1 aromatic carbocycles. The van der Waals surface area contributed by atoms with Gasteiger partial charge in [0.25, 0.3) is 0 Å². The van der Waals surface area contributed by atoms with Gasteiger partial charge in [0, 0.05) is 0 Å². The lowest BCUT2D eigenvalue weighted by atomic mass is 9.70. The molecule has 0 bridgehead atoms. The summed E-state index contributed by atoms with van der Waals surface area (Å²) in [6.45, 7) is 10.8. The number of carbonyl (C=O) groups is 1. The van der Waals surface area contributed by atoms with Crippen LogP contribution in [-0.2, 0) is 27.8 Å². The molecule has 0 unspecified atom stereocenters. The highest BCUT2D eigenvalue weighted by atomic mass is 16.5. The van der Waals surface area contributed by atoms with Crippen LogP contribution in [0.2, 0.25) is 0 Å². The van der Waals surface area contributed by atoms with Crippen molar-refractivity contribution in [3.63, 3.8) is 0 Å². The van der Waals surface area contributed by atoms with Crippen LogP contribution >= 0.6 is 0 Å². The van der Waals surface area contributed by atoms with Gasteiger partial charge in [-0.05, 0) is 86.1 Å². The molecule has 0 radical (unpaired) electrons. The van der Waals surface area contributed by atoms with Gasteiger partial charge in [0.05, 0.1) is 19.1 Å². The Morgan fingerprint density at radius 2 is 2.00 bits per heavy atom. The number of rotatable bonds is 5. The molecule has 3 heteroatoms. The predicted molar refractivity (Wildman–Crippen MR) is 97.5 cm³/mol. The largest absolute Gasteiger partial charge is 0.469 e. The van der Waals surface area contributed by atoms with Gasteiger partial charge in [-0.15, -0.1) is 0 Å². The first-order valence-electron chi connectivity index (χ1n) is 8.99. The first-order chi connectivity index (χ1) is 11.1. The van der Waals surface area contributed by atoms with E-state index in [4.69, 9.17) is 0 Å². The lowest BCUT2D eigenvalue weighted by Crippen LogP contribution is -2.29. The Hall–Kier alpha value is -1.35. The molecule has 0 aliphatic heterocycles. The summed E-state index contributed by atoms with van der Waals surface area (Å²) in [5.74, 6) is -0.362. The van der Waals surface area contributed by atoms with E-state index >= 15 is 0 Å². The number of benzene rings is 1. The Morgan fingerprint density at radius 1 is 1.33 bits per heavy atom. The van der Waals surface area contributed by atoms with E-state index in [1.165, 1.54) is 54.2 Å². The highest BCUT2D eigenvalue weighted by molar-refractivity contribution is 5.70. The summed E-state index contributed by atoms with van der Waals surface area (Å²) in [7, 11) is 1.36. The second-order valence-electron chi connectivity index (χ2n) is 8.30. The molecule has 1 N–H and O–H groups in total. The molecule has 2 rings (SSSR count). The van der Waals surface area contributed by atoms with Crippen LogP contribution in [0.3, 0.4) is 0 Å². The van der Waals surface area contributed by atoms with Crippen LogP contribution in [0.4, 0.5) is 0 Å². The molecule has 0 saturated heterocycles. The smallest absolute Gasteiger partial charge is 0.308 e. The van der Waals surface area contributed by atoms with E-state index in [0.717, 1.165) is 6.42 Å². The van der Waals surface area contributed by atoms with E-state index in [1.54, 1.807) is 6.92 Å². The molecule has 1 aliphatic rings. The Kier molecular flexibility index (Phi) is 5.44. The number of methoxy groups -OCH3 is 1. The van der Waals surface area contributed by atoms with E-state index < -0.39 is 5.60 Å². The second kappa shape index (κ2) is 6.87. The molecule has 0 amide bonds. The van der Waals surface area contributed by atoms with E-state index in [2.05, 4.69) is 38.5 Å². The summed E-state index contributed by atoms with van der Waals surface area (Å²) in [6, 6.07) is 2.35. The summed E-state index contributed by atoms with van der Waals surface area (Å²) >= 11 is 0. The minimum Gasteiger partial charge on any atom is -0.469 e.